The maximum absolute atomic E-state index is 11.8. The van der Waals surface area contributed by atoms with Gasteiger partial charge in [-0.15, -0.1) is 0 Å². The molecular formula is C14H18O4. The third-order valence-corrected chi connectivity index (χ3v) is 2.58. The van der Waals surface area contributed by atoms with E-state index in [1.165, 1.54) is 7.11 Å². The lowest BCUT2D eigenvalue weighted by Crippen LogP contribution is -2.06. The zero-order chi connectivity index (χ0) is 13.5. The van der Waals surface area contributed by atoms with Gasteiger partial charge in [0.1, 0.15) is 5.75 Å². The minimum Gasteiger partial charge on any atom is -0.494 e. The van der Waals surface area contributed by atoms with Crippen molar-refractivity contribution in [1.29, 1.82) is 0 Å². The molecule has 1 aromatic carbocycles. The Balaban J connectivity index is 2.69. The quantitative estimate of drug-likeness (QED) is 0.575. The van der Waals surface area contributed by atoms with Crippen LogP contribution in [0.5, 0.6) is 5.75 Å². The summed E-state index contributed by atoms with van der Waals surface area (Å²) in [4.78, 5) is 22.8. The Morgan fingerprint density at radius 1 is 1.22 bits per heavy atom. The third kappa shape index (κ3) is 3.87. The Kier molecular flexibility index (Phi) is 5.36. The molecule has 4 nitrogen and oxygen atoms in total. The zero-order valence-corrected chi connectivity index (χ0v) is 11.0. The van der Waals surface area contributed by atoms with Crippen LogP contribution in [0.4, 0.5) is 0 Å². The van der Waals surface area contributed by atoms with Crippen LogP contribution in [0.15, 0.2) is 18.2 Å². The van der Waals surface area contributed by atoms with Crippen molar-refractivity contribution in [2.75, 3.05) is 13.7 Å². The predicted molar refractivity (Wildman–Crippen MR) is 67.9 cm³/mol. The highest BCUT2D eigenvalue weighted by Crippen LogP contribution is 2.20. The minimum absolute atomic E-state index is 0.0634. The second kappa shape index (κ2) is 6.79. The minimum atomic E-state index is -0.369. The van der Waals surface area contributed by atoms with Crippen LogP contribution in [-0.4, -0.2) is 25.5 Å². The topological polar surface area (TPSA) is 52.6 Å². The van der Waals surface area contributed by atoms with Gasteiger partial charge in [-0.3, -0.25) is 9.59 Å². The largest absolute Gasteiger partial charge is 0.494 e. The molecule has 0 heterocycles. The van der Waals surface area contributed by atoms with Crippen molar-refractivity contribution in [2.45, 2.75) is 26.7 Å². The lowest BCUT2D eigenvalue weighted by molar-refractivity contribution is -0.140. The van der Waals surface area contributed by atoms with E-state index in [0.29, 0.717) is 12.2 Å². The van der Waals surface area contributed by atoms with Crippen LogP contribution in [-0.2, 0) is 9.53 Å². The van der Waals surface area contributed by atoms with Crippen LogP contribution in [0.25, 0.3) is 0 Å². The van der Waals surface area contributed by atoms with E-state index in [0.717, 1.165) is 11.3 Å². The lowest BCUT2D eigenvalue weighted by Gasteiger charge is -2.08. The van der Waals surface area contributed by atoms with E-state index in [4.69, 9.17) is 4.74 Å². The van der Waals surface area contributed by atoms with Crippen molar-refractivity contribution in [3.05, 3.63) is 29.3 Å². The number of benzene rings is 1. The fourth-order valence-electron chi connectivity index (χ4n) is 1.60. The highest BCUT2D eigenvalue weighted by Gasteiger charge is 2.11. The fraction of sp³-hybridized carbons (Fsp3) is 0.429. The lowest BCUT2D eigenvalue weighted by atomic mass is 10.0. The van der Waals surface area contributed by atoms with E-state index >= 15 is 0 Å². The summed E-state index contributed by atoms with van der Waals surface area (Å²) >= 11 is 0. The van der Waals surface area contributed by atoms with Crippen molar-refractivity contribution < 1.29 is 19.1 Å². The number of esters is 1. The first kappa shape index (κ1) is 14.2. The van der Waals surface area contributed by atoms with Crippen LogP contribution in [0, 0.1) is 6.92 Å². The van der Waals surface area contributed by atoms with E-state index in [1.54, 1.807) is 18.2 Å². The Morgan fingerprint density at radius 2 is 1.94 bits per heavy atom. The van der Waals surface area contributed by atoms with Crippen LogP contribution in [0.2, 0.25) is 0 Å². The van der Waals surface area contributed by atoms with Crippen LogP contribution >= 0.6 is 0 Å². The summed E-state index contributed by atoms with van der Waals surface area (Å²) in [6, 6.07) is 5.28. The number of hydrogen-bond acceptors (Lipinski definition) is 4. The summed E-state index contributed by atoms with van der Waals surface area (Å²) in [5, 5.41) is 0. The Hall–Kier alpha value is -1.84. The molecule has 0 atom stereocenters. The van der Waals surface area contributed by atoms with Crippen molar-refractivity contribution in [3.8, 4) is 5.75 Å². The molecule has 1 aromatic rings. The van der Waals surface area contributed by atoms with Gasteiger partial charge in [0.05, 0.1) is 20.1 Å². The molecule has 1 rings (SSSR count). The first-order chi connectivity index (χ1) is 8.58. The first-order valence-corrected chi connectivity index (χ1v) is 5.92. The summed E-state index contributed by atoms with van der Waals surface area (Å²) in [5.74, 6) is 0.347. The molecule has 0 aliphatic heterocycles. The number of carbonyl (C=O) groups excluding carboxylic acids is 2. The van der Waals surface area contributed by atoms with Gasteiger partial charge in [0.15, 0.2) is 5.78 Å². The van der Waals surface area contributed by atoms with Crippen molar-refractivity contribution in [3.63, 3.8) is 0 Å². The highest BCUT2D eigenvalue weighted by molar-refractivity contribution is 5.97. The molecule has 0 spiro atoms. The average Bonchev–Trinajstić information content (AvgIpc) is 2.38. The maximum Gasteiger partial charge on any atom is 0.305 e. The molecule has 0 saturated heterocycles. The van der Waals surface area contributed by atoms with Gasteiger partial charge in [0.25, 0.3) is 0 Å². The van der Waals surface area contributed by atoms with Gasteiger partial charge in [0, 0.05) is 12.0 Å². The molecule has 0 aliphatic rings. The number of ether oxygens (including phenoxy) is 2. The number of carbonyl (C=O) groups is 2. The summed E-state index contributed by atoms with van der Waals surface area (Å²) in [6.07, 6.45) is 0.279. The Morgan fingerprint density at radius 3 is 2.50 bits per heavy atom. The van der Waals surface area contributed by atoms with Crippen molar-refractivity contribution in [1.82, 2.24) is 0 Å². The second-order valence-electron chi connectivity index (χ2n) is 3.91. The van der Waals surface area contributed by atoms with Gasteiger partial charge in [-0.1, -0.05) is 0 Å². The number of ketones is 1. The molecule has 98 valence electrons. The molecule has 0 N–H and O–H groups in total. The molecule has 0 amide bonds. The summed E-state index contributed by atoms with van der Waals surface area (Å²) < 4.78 is 9.90. The molecule has 0 radical (unpaired) electrons. The van der Waals surface area contributed by atoms with Crippen LogP contribution < -0.4 is 4.74 Å². The number of Topliss-reactive ketones (excluding diaryl/α,β-unsaturated/α-hetero) is 1. The van der Waals surface area contributed by atoms with Crippen molar-refractivity contribution in [2.24, 2.45) is 0 Å². The van der Waals surface area contributed by atoms with Crippen LogP contribution in [0.1, 0.15) is 35.7 Å². The second-order valence-corrected chi connectivity index (χ2v) is 3.91. The number of hydrogen-bond donors (Lipinski definition) is 0. The van der Waals surface area contributed by atoms with Gasteiger partial charge in [-0.2, -0.15) is 0 Å². The Labute approximate surface area is 107 Å². The molecule has 0 aromatic heterocycles. The molecule has 4 heteroatoms. The zero-order valence-electron chi connectivity index (χ0n) is 11.0. The molecule has 0 aliphatic carbocycles. The number of rotatable bonds is 6. The predicted octanol–water partition coefficient (Wildman–Crippen LogP) is 2.53. The van der Waals surface area contributed by atoms with E-state index < -0.39 is 0 Å². The van der Waals surface area contributed by atoms with Gasteiger partial charge >= 0.3 is 5.97 Å². The van der Waals surface area contributed by atoms with Crippen LogP contribution in [0.3, 0.4) is 0 Å². The average molecular weight is 250 g/mol. The van der Waals surface area contributed by atoms with E-state index in [1.807, 2.05) is 13.8 Å². The van der Waals surface area contributed by atoms with Crippen molar-refractivity contribution >= 4 is 11.8 Å². The smallest absolute Gasteiger partial charge is 0.305 e. The normalized spacial score (nSPS) is 9.94. The number of aryl methyl sites for hydroxylation is 1. The summed E-state index contributed by atoms with van der Waals surface area (Å²) in [6.45, 7) is 4.40. The standard InChI is InChI=1S/C14H18O4/c1-4-18-13-7-5-11(9-10(13)2)12(15)6-8-14(16)17-3/h5,7,9H,4,6,8H2,1-3H3. The molecule has 18 heavy (non-hydrogen) atoms. The molecule has 0 unspecified atom stereocenters. The van der Waals surface area contributed by atoms with E-state index in [9.17, 15) is 9.59 Å². The monoisotopic (exact) mass is 250 g/mol. The fourth-order valence-corrected chi connectivity index (χ4v) is 1.60. The van der Waals surface area contributed by atoms with Gasteiger partial charge in [-0.05, 0) is 37.6 Å². The highest BCUT2D eigenvalue weighted by atomic mass is 16.5. The van der Waals surface area contributed by atoms with Gasteiger partial charge in [0.2, 0.25) is 0 Å². The Bertz CT molecular complexity index is 437. The SMILES string of the molecule is CCOc1ccc(C(=O)CCC(=O)OC)cc1C. The molecular weight excluding hydrogens is 232 g/mol. The van der Waals surface area contributed by atoms with Gasteiger partial charge < -0.3 is 9.47 Å². The number of methoxy groups -OCH3 is 1. The molecule has 0 saturated carbocycles. The van der Waals surface area contributed by atoms with E-state index in [2.05, 4.69) is 4.74 Å². The first-order valence-electron chi connectivity index (χ1n) is 5.92. The van der Waals surface area contributed by atoms with E-state index in [-0.39, 0.29) is 24.6 Å². The summed E-state index contributed by atoms with van der Waals surface area (Å²) in [5.41, 5.74) is 1.51. The molecule has 0 fully saturated rings. The maximum atomic E-state index is 11.8. The third-order valence-electron chi connectivity index (χ3n) is 2.58. The summed E-state index contributed by atoms with van der Waals surface area (Å²) in [7, 11) is 1.31. The van der Waals surface area contributed by atoms with Gasteiger partial charge in [-0.25, -0.2) is 0 Å². The molecule has 0 bridgehead atoms.